The second-order valence-corrected chi connectivity index (χ2v) is 7.74. The normalized spacial score (nSPS) is 19.2. The van der Waals surface area contributed by atoms with Gasteiger partial charge in [-0.25, -0.2) is 4.39 Å². The van der Waals surface area contributed by atoms with Crippen LogP contribution < -0.4 is 10.6 Å². The fourth-order valence-electron chi connectivity index (χ4n) is 3.47. The highest BCUT2D eigenvalue weighted by molar-refractivity contribution is 5.79. The van der Waals surface area contributed by atoms with Crippen molar-refractivity contribution in [2.45, 2.75) is 32.2 Å². The summed E-state index contributed by atoms with van der Waals surface area (Å²) in [6, 6.07) is 6.89. The first-order valence-corrected chi connectivity index (χ1v) is 10.9. The van der Waals surface area contributed by atoms with Crippen molar-refractivity contribution >= 4 is 5.96 Å². The van der Waals surface area contributed by atoms with Crippen molar-refractivity contribution in [1.82, 2.24) is 15.5 Å². The van der Waals surface area contributed by atoms with Crippen LogP contribution in [-0.2, 0) is 9.47 Å². The van der Waals surface area contributed by atoms with Gasteiger partial charge in [0.15, 0.2) is 5.96 Å². The molecule has 1 aromatic rings. The molecule has 162 valence electrons. The first kappa shape index (κ1) is 22.0. The van der Waals surface area contributed by atoms with Gasteiger partial charge in [0.1, 0.15) is 5.82 Å². The third-order valence-corrected chi connectivity index (χ3v) is 5.29. The number of ether oxygens (including phenoxy) is 2. The second kappa shape index (κ2) is 12.1. The van der Waals surface area contributed by atoms with Crippen LogP contribution in [0.25, 0.3) is 0 Å². The van der Waals surface area contributed by atoms with Gasteiger partial charge >= 0.3 is 0 Å². The van der Waals surface area contributed by atoms with Crippen molar-refractivity contribution in [3.8, 4) is 0 Å². The Morgan fingerprint density at radius 3 is 2.86 bits per heavy atom. The SMILES string of the molecule is CCNC(=NCC(c1cccc(F)c1)N1CCOCC1)NCCCOCC1CC1. The number of rotatable bonds is 11. The van der Waals surface area contributed by atoms with Gasteiger partial charge in [-0.15, -0.1) is 0 Å². The van der Waals surface area contributed by atoms with E-state index in [9.17, 15) is 4.39 Å². The molecule has 2 aliphatic rings. The van der Waals surface area contributed by atoms with Crippen LogP contribution in [0.3, 0.4) is 0 Å². The quantitative estimate of drug-likeness (QED) is 0.336. The molecule has 3 rings (SSSR count). The van der Waals surface area contributed by atoms with Crippen molar-refractivity contribution in [2.24, 2.45) is 10.9 Å². The molecule has 1 saturated carbocycles. The van der Waals surface area contributed by atoms with Crippen LogP contribution in [0.5, 0.6) is 0 Å². The molecule has 1 aliphatic carbocycles. The molecule has 29 heavy (non-hydrogen) atoms. The molecule has 1 heterocycles. The Hall–Kier alpha value is -1.70. The minimum absolute atomic E-state index is 0.0342. The molecule has 1 saturated heterocycles. The highest BCUT2D eigenvalue weighted by Gasteiger charge is 2.23. The zero-order valence-corrected chi connectivity index (χ0v) is 17.5. The number of aliphatic imine (C=N–C) groups is 1. The molecule has 2 N–H and O–H groups in total. The standard InChI is InChI=1S/C22H35FN4O2/c1-2-24-22(25-9-4-12-29-17-18-7-8-18)26-16-21(27-10-13-28-14-11-27)19-5-3-6-20(23)15-19/h3,5-6,15,18,21H,2,4,7-14,16-17H2,1H3,(H2,24,25,26). The van der Waals surface area contributed by atoms with Gasteiger partial charge in [0.05, 0.1) is 25.8 Å². The number of nitrogens with one attached hydrogen (secondary N) is 2. The first-order valence-electron chi connectivity index (χ1n) is 10.9. The fraction of sp³-hybridized carbons (Fsp3) is 0.682. The maximum Gasteiger partial charge on any atom is 0.191 e. The maximum absolute atomic E-state index is 13.8. The van der Waals surface area contributed by atoms with E-state index in [-0.39, 0.29) is 11.9 Å². The summed E-state index contributed by atoms with van der Waals surface area (Å²) in [7, 11) is 0. The lowest BCUT2D eigenvalue weighted by Gasteiger charge is -2.34. The Bertz CT molecular complexity index is 633. The van der Waals surface area contributed by atoms with E-state index in [1.807, 2.05) is 6.07 Å². The van der Waals surface area contributed by atoms with Crippen LogP contribution >= 0.6 is 0 Å². The summed E-state index contributed by atoms with van der Waals surface area (Å²) < 4.78 is 25.0. The van der Waals surface area contributed by atoms with Crippen molar-refractivity contribution in [2.75, 3.05) is 59.2 Å². The van der Waals surface area contributed by atoms with E-state index < -0.39 is 0 Å². The van der Waals surface area contributed by atoms with E-state index >= 15 is 0 Å². The molecule has 1 atom stereocenters. The Balaban J connectivity index is 1.54. The molecule has 1 unspecified atom stereocenters. The van der Waals surface area contributed by atoms with Gasteiger partial charge in [0.25, 0.3) is 0 Å². The zero-order valence-electron chi connectivity index (χ0n) is 17.5. The Labute approximate surface area is 173 Å². The molecule has 2 fully saturated rings. The van der Waals surface area contributed by atoms with Gasteiger partial charge < -0.3 is 20.1 Å². The molecule has 7 heteroatoms. The van der Waals surface area contributed by atoms with Gasteiger partial charge in [-0.2, -0.15) is 0 Å². The molecule has 0 bridgehead atoms. The minimum atomic E-state index is -0.207. The maximum atomic E-state index is 13.8. The summed E-state index contributed by atoms with van der Waals surface area (Å²) in [5.41, 5.74) is 0.958. The molecular formula is C22H35FN4O2. The third kappa shape index (κ3) is 7.91. The number of hydrogen-bond donors (Lipinski definition) is 2. The number of benzene rings is 1. The Morgan fingerprint density at radius 2 is 2.14 bits per heavy atom. The lowest BCUT2D eigenvalue weighted by atomic mass is 10.0. The van der Waals surface area contributed by atoms with Crippen molar-refractivity contribution < 1.29 is 13.9 Å². The molecular weight excluding hydrogens is 371 g/mol. The molecule has 0 aromatic heterocycles. The zero-order chi connectivity index (χ0) is 20.3. The molecule has 0 amide bonds. The van der Waals surface area contributed by atoms with Crippen molar-refractivity contribution in [3.05, 3.63) is 35.6 Å². The average Bonchev–Trinajstić information content (AvgIpc) is 3.56. The van der Waals surface area contributed by atoms with Crippen LogP contribution in [0.4, 0.5) is 4.39 Å². The number of nitrogens with zero attached hydrogens (tertiary/aromatic N) is 2. The molecule has 1 aromatic carbocycles. The van der Waals surface area contributed by atoms with Crippen LogP contribution in [0, 0.1) is 11.7 Å². The van der Waals surface area contributed by atoms with E-state index in [1.54, 1.807) is 12.1 Å². The van der Waals surface area contributed by atoms with E-state index in [1.165, 1.54) is 18.9 Å². The van der Waals surface area contributed by atoms with E-state index in [0.717, 1.165) is 63.3 Å². The molecule has 1 aliphatic heterocycles. The van der Waals surface area contributed by atoms with Gasteiger partial charge in [0, 0.05) is 39.4 Å². The Morgan fingerprint density at radius 1 is 1.31 bits per heavy atom. The highest BCUT2D eigenvalue weighted by atomic mass is 19.1. The first-order chi connectivity index (χ1) is 14.3. The predicted octanol–water partition coefficient (Wildman–Crippen LogP) is 2.57. The molecule has 0 radical (unpaired) electrons. The van der Waals surface area contributed by atoms with Crippen LogP contribution in [0.1, 0.15) is 37.8 Å². The predicted molar refractivity (Wildman–Crippen MR) is 114 cm³/mol. The summed E-state index contributed by atoms with van der Waals surface area (Å²) in [5.74, 6) is 1.40. The van der Waals surface area contributed by atoms with Crippen LogP contribution in [-0.4, -0.2) is 70.0 Å². The third-order valence-electron chi connectivity index (χ3n) is 5.29. The minimum Gasteiger partial charge on any atom is -0.381 e. The second-order valence-electron chi connectivity index (χ2n) is 7.74. The molecule has 0 spiro atoms. The van der Waals surface area contributed by atoms with Gasteiger partial charge in [-0.05, 0) is 49.8 Å². The summed E-state index contributed by atoms with van der Waals surface area (Å²) in [6.07, 6.45) is 3.60. The summed E-state index contributed by atoms with van der Waals surface area (Å²) in [6.45, 7) is 9.00. The van der Waals surface area contributed by atoms with E-state index in [2.05, 4.69) is 22.5 Å². The summed E-state index contributed by atoms with van der Waals surface area (Å²) >= 11 is 0. The van der Waals surface area contributed by atoms with E-state index in [0.29, 0.717) is 19.8 Å². The van der Waals surface area contributed by atoms with Crippen molar-refractivity contribution in [3.63, 3.8) is 0 Å². The van der Waals surface area contributed by atoms with E-state index in [4.69, 9.17) is 14.5 Å². The van der Waals surface area contributed by atoms with Gasteiger partial charge in [-0.3, -0.25) is 9.89 Å². The van der Waals surface area contributed by atoms with Gasteiger partial charge in [-0.1, -0.05) is 12.1 Å². The lowest BCUT2D eigenvalue weighted by Crippen LogP contribution is -2.42. The number of guanidine groups is 1. The van der Waals surface area contributed by atoms with Crippen LogP contribution in [0.15, 0.2) is 29.3 Å². The van der Waals surface area contributed by atoms with Gasteiger partial charge in [0.2, 0.25) is 0 Å². The summed E-state index contributed by atoms with van der Waals surface area (Å²) in [5, 5.41) is 6.69. The number of hydrogen-bond acceptors (Lipinski definition) is 4. The number of halogens is 1. The highest BCUT2D eigenvalue weighted by Crippen LogP contribution is 2.28. The molecule has 6 nitrogen and oxygen atoms in total. The smallest absolute Gasteiger partial charge is 0.191 e. The summed E-state index contributed by atoms with van der Waals surface area (Å²) in [4.78, 5) is 7.13. The lowest BCUT2D eigenvalue weighted by molar-refractivity contribution is 0.0179. The van der Waals surface area contributed by atoms with Crippen molar-refractivity contribution in [1.29, 1.82) is 0 Å². The Kier molecular flexibility index (Phi) is 9.18. The van der Waals surface area contributed by atoms with Crippen LogP contribution in [0.2, 0.25) is 0 Å². The monoisotopic (exact) mass is 406 g/mol. The fourth-order valence-corrected chi connectivity index (χ4v) is 3.47. The number of morpholine rings is 1. The topological polar surface area (TPSA) is 58.1 Å². The average molecular weight is 407 g/mol. The largest absolute Gasteiger partial charge is 0.381 e.